The van der Waals surface area contributed by atoms with Crippen LogP contribution in [0.4, 0.5) is 13.2 Å². The van der Waals surface area contributed by atoms with Crippen LogP contribution in [0.2, 0.25) is 0 Å². The maximum Gasteiger partial charge on any atom is 0.573 e. The number of halogens is 3. The van der Waals surface area contributed by atoms with E-state index in [9.17, 15) is 18.0 Å². The van der Waals surface area contributed by atoms with E-state index in [1.165, 1.54) is 25.0 Å². The average Bonchev–Trinajstić information content (AvgIpc) is 3.10. The molecule has 1 saturated carbocycles. The van der Waals surface area contributed by atoms with Crippen molar-refractivity contribution in [1.82, 2.24) is 10.2 Å². The Morgan fingerprint density at radius 3 is 2.35 bits per heavy atom. The van der Waals surface area contributed by atoms with E-state index in [2.05, 4.69) is 15.0 Å². The fourth-order valence-electron chi connectivity index (χ4n) is 3.83. The molecular formula is C18H23F3N2O2S. The van der Waals surface area contributed by atoms with Gasteiger partial charge in [-0.3, -0.25) is 9.69 Å². The third kappa shape index (κ3) is 4.85. The summed E-state index contributed by atoms with van der Waals surface area (Å²) in [4.78, 5) is 14.9. The SMILES string of the molecule is O=C(NCC1(N2CCSCC2)CCCC1)c1ccc(OC(F)(F)F)cc1. The van der Waals surface area contributed by atoms with E-state index in [1.54, 1.807) is 0 Å². The summed E-state index contributed by atoms with van der Waals surface area (Å²) in [6.07, 6.45) is -0.232. The number of thioether (sulfide) groups is 1. The molecular weight excluding hydrogens is 365 g/mol. The predicted molar refractivity (Wildman–Crippen MR) is 95.6 cm³/mol. The molecule has 3 rings (SSSR count). The molecule has 1 N–H and O–H groups in total. The third-order valence-corrected chi connectivity index (χ3v) is 6.09. The van der Waals surface area contributed by atoms with Gasteiger partial charge in [-0.1, -0.05) is 12.8 Å². The number of nitrogens with zero attached hydrogens (tertiary/aromatic N) is 1. The smallest absolute Gasteiger partial charge is 0.406 e. The molecule has 0 bridgehead atoms. The molecule has 0 aromatic heterocycles. The Bertz CT molecular complexity index is 610. The first-order valence-corrected chi connectivity index (χ1v) is 10.0. The Balaban J connectivity index is 1.60. The second-order valence-electron chi connectivity index (χ2n) is 6.79. The molecule has 2 aliphatic rings. The van der Waals surface area contributed by atoms with Gasteiger partial charge in [0, 0.05) is 42.2 Å². The Morgan fingerprint density at radius 2 is 1.77 bits per heavy atom. The molecule has 1 aliphatic carbocycles. The number of carbonyl (C=O) groups is 1. The number of alkyl halides is 3. The minimum Gasteiger partial charge on any atom is -0.406 e. The summed E-state index contributed by atoms with van der Waals surface area (Å²) in [5.74, 6) is 1.65. The Kier molecular flexibility index (Phi) is 6.02. The van der Waals surface area contributed by atoms with Crippen molar-refractivity contribution in [3.8, 4) is 5.75 Å². The lowest BCUT2D eigenvalue weighted by Crippen LogP contribution is -2.56. The van der Waals surface area contributed by atoms with Crippen LogP contribution in [-0.2, 0) is 0 Å². The number of amides is 1. The van der Waals surface area contributed by atoms with Gasteiger partial charge < -0.3 is 10.1 Å². The normalized spacial score (nSPS) is 20.7. The summed E-state index contributed by atoms with van der Waals surface area (Å²) >= 11 is 1.96. The van der Waals surface area contributed by atoms with E-state index >= 15 is 0 Å². The summed E-state index contributed by atoms with van der Waals surface area (Å²) < 4.78 is 40.4. The molecule has 0 atom stereocenters. The van der Waals surface area contributed by atoms with E-state index in [4.69, 9.17) is 0 Å². The van der Waals surface area contributed by atoms with Gasteiger partial charge in [-0.25, -0.2) is 0 Å². The standard InChI is InChI=1S/C18H23F3N2O2S/c19-18(20,21)25-15-5-3-14(4-6-15)16(24)22-13-17(7-1-2-8-17)23-9-11-26-12-10-23/h3-6H,1-2,7-13H2,(H,22,24). The molecule has 4 nitrogen and oxygen atoms in total. The molecule has 0 unspecified atom stereocenters. The van der Waals surface area contributed by atoms with Crippen LogP contribution in [0.1, 0.15) is 36.0 Å². The van der Waals surface area contributed by atoms with Gasteiger partial charge >= 0.3 is 6.36 Å². The molecule has 2 fully saturated rings. The fourth-order valence-corrected chi connectivity index (χ4v) is 4.73. The van der Waals surface area contributed by atoms with Crippen LogP contribution in [-0.4, -0.2) is 53.8 Å². The lowest BCUT2D eigenvalue weighted by molar-refractivity contribution is -0.274. The lowest BCUT2D eigenvalue weighted by Gasteiger charge is -2.43. The zero-order valence-corrected chi connectivity index (χ0v) is 15.3. The highest BCUT2D eigenvalue weighted by molar-refractivity contribution is 7.99. The van der Waals surface area contributed by atoms with Crippen molar-refractivity contribution in [2.45, 2.75) is 37.6 Å². The van der Waals surface area contributed by atoms with Gasteiger partial charge in [0.1, 0.15) is 5.75 Å². The van der Waals surface area contributed by atoms with Gasteiger partial charge in [0.15, 0.2) is 0 Å². The second kappa shape index (κ2) is 8.08. The van der Waals surface area contributed by atoms with Crippen LogP contribution in [0.3, 0.4) is 0 Å². The predicted octanol–water partition coefficient (Wildman–Crippen LogP) is 3.68. The summed E-state index contributed by atoms with van der Waals surface area (Å²) in [5.41, 5.74) is 0.359. The first-order valence-electron chi connectivity index (χ1n) is 8.85. The third-order valence-electron chi connectivity index (χ3n) is 5.14. The van der Waals surface area contributed by atoms with Crippen molar-refractivity contribution in [3.63, 3.8) is 0 Å². The van der Waals surface area contributed by atoms with Crippen LogP contribution in [0, 0.1) is 0 Å². The highest BCUT2D eigenvalue weighted by atomic mass is 32.2. The largest absolute Gasteiger partial charge is 0.573 e. The Morgan fingerprint density at radius 1 is 1.15 bits per heavy atom. The van der Waals surface area contributed by atoms with E-state index in [-0.39, 0.29) is 17.2 Å². The maximum absolute atomic E-state index is 12.4. The van der Waals surface area contributed by atoms with E-state index in [0.717, 1.165) is 49.6 Å². The number of hydrogen-bond acceptors (Lipinski definition) is 4. The van der Waals surface area contributed by atoms with Gasteiger partial charge in [0.2, 0.25) is 0 Å². The molecule has 1 saturated heterocycles. The van der Waals surface area contributed by atoms with Crippen molar-refractivity contribution in [2.24, 2.45) is 0 Å². The number of carbonyl (C=O) groups excluding carboxylic acids is 1. The van der Waals surface area contributed by atoms with Gasteiger partial charge in [-0.05, 0) is 37.1 Å². The molecule has 1 aromatic carbocycles. The quantitative estimate of drug-likeness (QED) is 0.836. The average molecular weight is 388 g/mol. The maximum atomic E-state index is 12.4. The topological polar surface area (TPSA) is 41.6 Å². The minimum absolute atomic E-state index is 0.0238. The number of benzene rings is 1. The number of rotatable bonds is 5. The van der Waals surface area contributed by atoms with Gasteiger partial charge in [-0.2, -0.15) is 11.8 Å². The number of ether oxygens (including phenoxy) is 1. The molecule has 144 valence electrons. The van der Waals surface area contributed by atoms with Crippen LogP contribution < -0.4 is 10.1 Å². The number of nitrogens with one attached hydrogen (secondary N) is 1. The molecule has 0 spiro atoms. The molecule has 1 amide bonds. The first-order chi connectivity index (χ1) is 12.4. The van der Waals surface area contributed by atoms with Crippen LogP contribution >= 0.6 is 11.8 Å². The molecule has 1 heterocycles. The first kappa shape index (κ1) is 19.4. The second-order valence-corrected chi connectivity index (χ2v) is 8.01. The highest BCUT2D eigenvalue weighted by Crippen LogP contribution is 2.36. The molecule has 0 radical (unpaired) electrons. The summed E-state index contributed by atoms with van der Waals surface area (Å²) in [6, 6.07) is 5.04. The fraction of sp³-hybridized carbons (Fsp3) is 0.611. The zero-order valence-electron chi connectivity index (χ0n) is 14.5. The molecule has 1 aliphatic heterocycles. The summed E-state index contributed by atoms with van der Waals surface area (Å²) in [7, 11) is 0. The van der Waals surface area contributed by atoms with Crippen molar-refractivity contribution < 1.29 is 22.7 Å². The van der Waals surface area contributed by atoms with E-state index in [1.807, 2.05) is 11.8 Å². The van der Waals surface area contributed by atoms with E-state index < -0.39 is 6.36 Å². The summed E-state index contributed by atoms with van der Waals surface area (Å²) in [6.45, 7) is 2.67. The number of hydrogen-bond donors (Lipinski definition) is 1. The summed E-state index contributed by atoms with van der Waals surface area (Å²) in [5, 5.41) is 3.00. The van der Waals surface area contributed by atoms with Crippen LogP contribution in [0.5, 0.6) is 5.75 Å². The zero-order chi connectivity index (χ0) is 18.6. The Hall–Kier alpha value is -1.41. The van der Waals surface area contributed by atoms with Crippen molar-refractivity contribution in [1.29, 1.82) is 0 Å². The lowest BCUT2D eigenvalue weighted by atomic mass is 9.94. The van der Waals surface area contributed by atoms with Gasteiger partial charge in [0.05, 0.1) is 0 Å². The van der Waals surface area contributed by atoms with Crippen molar-refractivity contribution >= 4 is 17.7 Å². The van der Waals surface area contributed by atoms with Crippen molar-refractivity contribution in [2.75, 3.05) is 31.1 Å². The monoisotopic (exact) mass is 388 g/mol. The molecule has 26 heavy (non-hydrogen) atoms. The molecule has 1 aromatic rings. The van der Waals surface area contributed by atoms with E-state index in [0.29, 0.717) is 12.1 Å². The van der Waals surface area contributed by atoms with Crippen LogP contribution in [0.15, 0.2) is 24.3 Å². The van der Waals surface area contributed by atoms with Gasteiger partial charge in [0.25, 0.3) is 5.91 Å². The van der Waals surface area contributed by atoms with Crippen LogP contribution in [0.25, 0.3) is 0 Å². The molecule has 8 heteroatoms. The van der Waals surface area contributed by atoms with Gasteiger partial charge in [-0.15, -0.1) is 13.2 Å². The minimum atomic E-state index is -4.73. The van der Waals surface area contributed by atoms with Crippen molar-refractivity contribution in [3.05, 3.63) is 29.8 Å². The Labute approximate surface area is 155 Å². The highest BCUT2D eigenvalue weighted by Gasteiger charge is 2.40.